The fourth-order valence-electron chi connectivity index (χ4n) is 2.03. The molecule has 2 aromatic rings. The molecule has 0 amide bonds. The van der Waals surface area contributed by atoms with E-state index in [1.807, 2.05) is 30.3 Å². The van der Waals surface area contributed by atoms with Crippen molar-refractivity contribution in [2.45, 2.75) is 13.5 Å². The van der Waals surface area contributed by atoms with Crippen molar-refractivity contribution in [1.82, 2.24) is 9.36 Å². The van der Waals surface area contributed by atoms with Gasteiger partial charge < -0.3 is 4.74 Å². The Morgan fingerprint density at radius 2 is 1.89 bits per heavy atom. The van der Waals surface area contributed by atoms with Crippen LogP contribution < -0.4 is 5.56 Å². The van der Waals surface area contributed by atoms with Crippen LogP contribution in [0.2, 0.25) is 0 Å². The number of hydrogen-bond donors (Lipinski definition) is 0. The Labute approximate surface area is 111 Å². The number of esters is 1. The standard InChI is InChI=1S/C14H16N2O3/c1-10-12(14(18)19-3)13(17)16(15(10)2)9-11-7-5-4-6-8-11/h4-8H,9H2,1-3H3. The average Bonchev–Trinajstić information content (AvgIpc) is 2.63. The predicted molar refractivity (Wildman–Crippen MR) is 71.3 cm³/mol. The molecule has 0 fully saturated rings. The first-order valence-electron chi connectivity index (χ1n) is 5.95. The van der Waals surface area contributed by atoms with Crippen LogP contribution in [0, 0.1) is 6.92 Å². The van der Waals surface area contributed by atoms with E-state index in [0.717, 1.165) is 5.56 Å². The van der Waals surface area contributed by atoms with Gasteiger partial charge in [0, 0.05) is 7.05 Å². The van der Waals surface area contributed by atoms with Gasteiger partial charge in [0.05, 0.1) is 19.3 Å². The lowest BCUT2D eigenvalue weighted by atomic mass is 10.2. The van der Waals surface area contributed by atoms with Gasteiger partial charge in [0.2, 0.25) is 0 Å². The smallest absolute Gasteiger partial charge is 0.345 e. The number of benzene rings is 1. The van der Waals surface area contributed by atoms with Crippen molar-refractivity contribution in [3.8, 4) is 0 Å². The number of nitrogens with zero attached hydrogens (tertiary/aromatic N) is 2. The van der Waals surface area contributed by atoms with E-state index in [2.05, 4.69) is 4.74 Å². The number of ether oxygens (including phenoxy) is 1. The van der Waals surface area contributed by atoms with Crippen LogP contribution in [-0.4, -0.2) is 22.4 Å². The van der Waals surface area contributed by atoms with Crippen molar-refractivity contribution >= 4 is 5.97 Å². The van der Waals surface area contributed by atoms with E-state index in [9.17, 15) is 9.59 Å². The molecule has 0 aliphatic carbocycles. The maximum Gasteiger partial charge on any atom is 0.345 e. The SMILES string of the molecule is COC(=O)c1c(C)n(C)n(Cc2ccccc2)c1=O. The molecule has 19 heavy (non-hydrogen) atoms. The van der Waals surface area contributed by atoms with Gasteiger partial charge in [-0.15, -0.1) is 0 Å². The Bertz CT molecular complexity index is 653. The second-order valence-electron chi connectivity index (χ2n) is 4.32. The van der Waals surface area contributed by atoms with Gasteiger partial charge in [0.25, 0.3) is 5.56 Å². The van der Waals surface area contributed by atoms with Crippen LogP contribution in [0.1, 0.15) is 21.6 Å². The lowest BCUT2D eigenvalue weighted by Gasteiger charge is -2.08. The molecule has 5 heteroatoms. The molecule has 1 heterocycles. The van der Waals surface area contributed by atoms with Crippen molar-refractivity contribution in [2.75, 3.05) is 7.11 Å². The summed E-state index contributed by atoms with van der Waals surface area (Å²) in [7, 11) is 3.03. The minimum absolute atomic E-state index is 0.0981. The summed E-state index contributed by atoms with van der Waals surface area (Å²) in [6.07, 6.45) is 0. The number of hydrogen-bond acceptors (Lipinski definition) is 3. The minimum atomic E-state index is -0.593. The van der Waals surface area contributed by atoms with Gasteiger partial charge in [0.15, 0.2) is 0 Å². The van der Waals surface area contributed by atoms with Gasteiger partial charge in [-0.1, -0.05) is 30.3 Å². The predicted octanol–water partition coefficient (Wildman–Crippen LogP) is 1.33. The summed E-state index contributed by atoms with van der Waals surface area (Å²) in [6, 6.07) is 9.62. The zero-order valence-corrected chi connectivity index (χ0v) is 11.2. The quantitative estimate of drug-likeness (QED) is 0.782. The fraction of sp³-hybridized carbons (Fsp3) is 0.286. The number of aromatic nitrogens is 2. The Morgan fingerprint density at radius 1 is 1.26 bits per heavy atom. The fourth-order valence-corrected chi connectivity index (χ4v) is 2.03. The Kier molecular flexibility index (Phi) is 3.55. The summed E-state index contributed by atoms with van der Waals surface area (Å²) in [4.78, 5) is 23.9. The third kappa shape index (κ3) is 2.31. The highest BCUT2D eigenvalue weighted by molar-refractivity contribution is 5.90. The van der Waals surface area contributed by atoms with Crippen LogP contribution in [-0.2, 0) is 18.3 Å². The molecule has 0 aliphatic rings. The highest BCUT2D eigenvalue weighted by atomic mass is 16.5. The van der Waals surface area contributed by atoms with Crippen molar-refractivity contribution < 1.29 is 9.53 Å². The Morgan fingerprint density at radius 3 is 2.47 bits per heavy atom. The summed E-state index contributed by atoms with van der Waals surface area (Å²) >= 11 is 0. The largest absolute Gasteiger partial charge is 0.465 e. The molecule has 5 nitrogen and oxygen atoms in total. The summed E-state index contributed by atoms with van der Waals surface area (Å²) in [5, 5.41) is 0. The lowest BCUT2D eigenvalue weighted by molar-refractivity contribution is 0.0598. The second kappa shape index (κ2) is 5.14. The molecule has 2 rings (SSSR count). The van der Waals surface area contributed by atoms with E-state index in [-0.39, 0.29) is 11.1 Å². The van der Waals surface area contributed by atoms with Crippen LogP contribution in [0.25, 0.3) is 0 Å². The maximum atomic E-state index is 12.3. The van der Waals surface area contributed by atoms with Crippen LogP contribution in [0.3, 0.4) is 0 Å². The third-order valence-electron chi connectivity index (χ3n) is 3.22. The number of carbonyl (C=O) groups excluding carboxylic acids is 1. The van der Waals surface area contributed by atoms with Crippen LogP contribution in [0.4, 0.5) is 0 Å². The minimum Gasteiger partial charge on any atom is -0.465 e. The summed E-state index contributed by atoms with van der Waals surface area (Å²) in [5.74, 6) is -0.593. The van der Waals surface area contributed by atoms with Gasteiger partial charge >= 0.3 is 5.97 Å². The van der Waals surface area contributed by atoms with Crippen molar-refractivity contribution in [3.63, 3.8) is 0 Å². The van der Waals surface area contributed by atoms with Crippen molar-refractivity contribution in [2.24, 2.45) is 7.05 Å². The molecule has 0 atom stereocenters. The van der Waals surface area contributed by atoms with Crippen molar-refractivity contribution in [3.05, 3.63) is 57.5 Å². The monoisotopic (exact) mass is 260 g/mol. The Hall–Kier alpha value is -2.30. The van der Waals surface area contributed by atoms with Gasteiger partial charge in [-0.3, -0.25) is 9.48 Å². The molecule has 0 saturated carbocycles. The Balaban J connectivity index is 2.48. The van der Waals surface area contributed by atoms with Crippen LogP contribution >= 0.6 is 0 Å². The first-order chi connectivity index (χ1) is 9.06. The van der Waals surface area contributed by atoms with E-state index in [1.54, 1.807) is 18.7 Å². The molecule has 0 bridgehead atoms. The summed E-state index contributed by atoms with van der Waals surface area (Å²) in [5.41, 5.74) is 1.38. The zero-order chi connectivity index (χ0) is 14.0. The molecule has 0 spiro atoms. The zero-order valence-electron chi connectivity index (χ0n) is 11.2. The van der Waals surface area contributed by atoms with Crippen LogP contribution in [0.15, 0.2) is 35.1 Å². The van der Waals surface area contributed by atoms with Gasteiger partial charge in [-0.25, -0.2) is 9.48 Å². The molecule has 0 radical (unpaired) electrons. The first kappa shape index (κ1) is 13.1. The molecule has 0 N–H and O–H groups in total. The van der Waals surface area contributed by atoms with E-state index in [0.29, 0.717) is 12.2 Å². The molecular weight excluding hydrogens is 244 g/mol. The average molecular weight is 260 g/mol. The lowest BCUT2D eigenvalue weighted by Crippen LogP contribution is -2.25. The molecule has 0 aliphatic heterocycles. The van der Waals surface area contributed by atoms with Crippen molar-refractivity contribution in [1.29, 1.82) is 0 Å². The number of rotatable bonds is 3. The number of carbonyl (C=O) groups is 1. The normalized spacial score (nSPS) is 10.5. The van der Waals surface area contributed by atoms with E-state index in [1.165, 1.54) is 11.8 Å². The van der Waals surface area contributed by atoms with Gasteiger partial charge in [-0.2, -0.15) is 0 Å². The molecule has 0 saturated heterocycles. The second-order valence-corrected chi connectivity index (χ2v) is 4.32. The first-order valence-corrected chi connectivity index (χ1v) is 5.95. The molecule has 1 aromatic carbocycles. The maximum absolute atomic E-state index is 12.3. The summed E-state index contributed by atoms with van der Waals surface area (Å²) in [6.45, 7) is 2.16. The third-order valence-corrected chi connectivity index (χ3v) is 3.22. The van der Waals surface area contributed by atoms with E-state index in [4.69, 9.17) is 0 Å². The molecule has 0 unspecified atom stereocenters. The highest BCUT2D eigenvalue weighted by Crippen LogP contribution is 2.07. The topological polar surface area (TPSA) is 53.2 Å². The molecule has 1 aromatic heterocycles. The van der Waals surface area contributed by atoms with Crippen LogP contribution in [0.5, 0.6) is 0 Å². The van der Waals surface area contributed by atoms with Gasteiger partial charge in [-0.05, 0) is 12.5 Å². The highest BCUT2D eigenvalue weighted by Gasteiger charge is 2.21. The van der Waals surface area contributed by atoms with E-state index < -0.39 is 5.97 Å². The summed E-state index contributed by atoms with van der Waals surface area (Å²) < 4.78 is 7.86. The molecule has 100 valence electrons. The molecular formula is C14H16N2O3. The number of methoxy groups -OCH3 is 1. The van der Waals surface area contributed by atoms with E-state index >= 15 is 0 Å². The van der Waals surface area contributed by atoms with Gasteiger partial charge in [0.1, 0.15) is 5.56 Å².